The summed E-state index contributed by atoms with van der Waals surface area (Å²) in [5.74, 6) is 1.26. The lowest BCUT2D eigenvalue weighted by Crippen LogP contribution is -2.20. The first-order chi connectivity index (χ1) is 9.15. The first kappa shape index (κ1) is 13.6. The molecule has 0 atom stereocenters. The Morgan fingerprint density at radius 2 is 2.21 bits per heavy atom. The topological polar surface area (TPSA) is 53.4 Å². The molecule has 19 heavy (non-hydrogen) atoms. The molecule has 0 saturated heterocycles. The van der Waals surface area contributed by atoms with Gasteiger partial charge in [-0.2, -0.15) is 0 Å². The lowest BCUT2D eigenvalue weighted by molar-refractivity contribution is 0.410. The van der Waals surface area contributed by atoms with E-state index in [0.717, 1.165) is 0 Å². The van der Waals surface area contributed by atoms with Gasteiger partial charge in [-0.1, -0.05) is 0 Å². The van der Waals surface area contributed by atoms with Crippen LogP contribution in [0.3, 0.4) is 0 Å². The second-order valence-electron chi connectivity index (χ2n) is 3.72. The first-order valence-electron chi connectivity index (χ1n) is 5.72. The molecule has 0 radical (unpaired) electrons. The van der Waals surface area contributed by atoms with Crippen LogP contribution in [0.5, 0.6) is 17.4 Å². The summed E-state index contributed by atoms with van der Waals surface area (Å²) in [7, 11) is 1.58. The average Bonchev–Trinajstić information content (AvgIpc) is 2.43. The summed E-state index contributed by atoms with van der Waals surface area (Å²) in [6.07, 6.45) is 3.16. The molecule has 0 aliphatic rings. The molecule has 0 fully saturated rings. The highest BCUT2D eigenvalue weighted by Crippen LogP contribution is 2.31. The van der Waals surface area contributed by atoms with Gasteiger partial charge >= 0.3 is 5.56 Å². The van der Waals surface area contributed by atoms with Crippen LogP contribution in [0, 0.1) is 0 Å². The maximum Gasteiger partial charge on any atom is 0.313 e. The minimum atomic E-state index is -0.257. The van der Waals surface area contributed by atoms with Crippen molar-refractivity contribution < 1.29 is 9.47 Å². The van der Waals surface area contributed by atoms with Gasteiger partial charge in [0.25, 0.3) is 5.88 Å². The zero-order chi connectivity index (χ0) is 13.8. The summed E-state index contributed by atoms with van der Waals surface area (Å²) in [5, 5.41) is 0. The third kappa shape index (κ3) is 2.96. The smallest absolute Gasteiger partial charge is 0.313 e. The fourth-order valence-electron chi connectivity index (χ4n) is 1.54. The van der Waals surface area contributed by atoms with Crippen molar-refractivity contribution in [1.29, 1.82) is 0 Å². The van der Waals surface area contributed by atoms with Crippen LogP contribution in [0.15, 0.2) is 39.9 Å². The SMILES string of the molecule is CCn1ccnc(Oc2ccc(OC)cc2Br)c1=O. The summed E-state index contributed by atoms with van der Waals surface area (Å²) in [4.78, 5) is 15.9. The molecule has 2 aromatic rings. The maximum absolute atomic E-state index is 12.0. The van der Waals surface area contributed by atoms with Gasteiger partial charge in [0.05, 0.1) is 11.6 Å². The van der Waals surface area contributed by atoms with Gasteiger partial charge in [-0.3, -0.25) is 4.79 Å². The van der Waals surface area contributed by atoms with Crippen molar-refractivity contribution in [1.82, 2.24) is 9.55 Å². The monoisotopic (exact) mass is 324 g/mol. The zero-order valence-electron chi connectivity index (χ0n) is 10.6. The molecule has 100 valence electrons. The van der Waals surface area contributed by atoms with Gasteiger partial charge in [-0.05, 0) is 41.1 Å². The van der Waals surface area contributed by atoms with Crippen LogP contribution < -0.4 is 15.0 Å². The summed E-state index contributed by atoms with van der Waals surface area (Å²) < 4.78 is 12.9. The van der Waals surface area contributed by atoms with E-state index in [4.69, 9.17) is 9.47 Å². The van der Waals surface area contributed by atoms with Crippen LogP contribution in [0.4, 0.5) is 0 Å². The van der Waals surface area contributed by atoms with E-state index in [1.165, 1.54) is 10.8 Å². The molecule has 0 aliphatic heterocycles. The van der Waals surface area contributed by atoms with E-state index in [1.54, 1.807) is 31.5 Å². The molecule has 6 heteroatoms. The minimum absolute atomic E-state index is 0.0511. The van der Waals surface area contributed by atoms with Crippen molar-refractivity contribution in [3.63, 3.8) is 0 Å². The summed E-state index contributed by atoms with van der Waals surface area (Å²) in [5.41, 5.74) is -0.257. The van der Waals surface area contributed by atoms with Crippen LogP contribution in [0.1, 0.15) is 6.92 Å². The Bertz CT molecular complexity index is 640. The van der Waals surface area contributed by atoms with E-state index in [0.29, 0.717) is 22.5 Å². The fourth-order valence-corrected chi connectivity index (χ4v) is 1.98. The predicted molar refractivity (Wildman–Crippen MR) is 74.9 cm³/mol. The average molecular weight is 325 g/mol. The number of ether oxygens (including phenoxy) is 2. The van der Waals surface area contributed by atoms with Crippen molar-refractivity contribution in [3.8, 4) is 17.4 Å². The molecule has 0 aliphatic carbocycles. The number of hydrogen-bond acceptors (Lipinski definition) is 4. The van der Waals surface area contributed by atoms with Crippen molar-refractivity contribution in [2.24, 2.45) is 0 Å². The van der Waals surface area contributed by atoms with E-state index in [1.807, 2.05) is 6.92 Å². The third-order valence-corrected chi connectivity index (χ3v) is 3.19. The van der Waals surface area contributed by atoms with Gasteiger partial charge in [0.1, 0.15) is 11.5 Å². The van der Waals surface area contributed by atoms with E-state index in [-0.39, 0.29) is 11.4 Å². The van der Waals surface area contributed by atoms with Gasteiger partial charge in [-0.25, -0.2) is 4.98 Å². The van der Waals surface area contributed by atoms with Gasteiger partial charge in [0.2, 0.25) is 0 Å². The Morgan fingerprint density at radius 1 is 1.42 bits per heavy atom. The van der Waals surface area contributed by atoms with E-state index >= 15 is 0 Å². The lowest BCUT2D eigenvalue weighted by Gasteiger charge is -2.09. The van der Waals surface area contributed by atoms with E-state index in [9.17, 15) is 4.79 Å². The molecule has 0 unspecified atom stereocenters. The van der Waals surface area contributed by atoms with Crippen LogP contribution >= 0.6 is 15.9 Å². The van der Waals surface area contributed by atoms with Crippen molar-refractivity contribution in [3.05, 3.63) is 45.4 Å². The largest absolute Gasteiger partial charge is 0.497 e. The number of rotatable bonds is 4. The summed E-state index contributed by atoms with van der Waals surface area (Å²) in [6, 6.07) is 5.23. The Kier molecular flexibility index (Phi) is 4.21. The number of halogens is 1. The summed E-state index contributed by atoms with van der Waals surface area (Å²) >= 11 is 3.36. The second-order valence-corrected chi connectivity index (χ2v) is 4.58. The zero-order valence-corrected chi connectivity index (χ0v) is 12.2. The Balaban J connectivity index is 2.34. The van der Waals surface area contributed by atoms with Gasteiger partial charge in [0, 0.05) is 18.9 Å². The summed E-state index contributed by atoms with van der Waals surface area (Å²) in [6.45, 7) is 2.45. The fraction of sp³-hybridized carbons (Fsp3) is 0.231. The van der Waals surface area contributed by atoms with Gasteiger partial charge < -0.3 is 14.0 Å². The van der Waals surface area contributed by atoms with Crippen molar-refractivity contribution >= 4 is 15.9 Å². The molecule has 5 nitrogen and oxygen atoms in total. The second kappa shape index (κ2) is 5.88. The third-order valence-electron chi connectivity index (χ3n) is 2.57. The van der Waals surface area contributed by atoms with E-state index < -0.39 is 0 Å². The molecule has 2 rings (SSSR count). The molecule has 0 N–H and O–H groups in total. The predicted octanol–water partition coefficient (Wildman–Crippen LogP) is 2.83. The maximum atomic E-state index is 12.0. The number of benzene rings is 1. The van der Waals surface area contributed by atoms with Crippen molar-refractivity contribution in [2.45, 2.75) is 13.5 Å². The minimum Gasteiger partial charge on any atom is -0.497 e. The number of methoxy groups -OCH3 is 1. The molecule has 0 saturated carbocycles. The lowest BCUT2D eigenvalue weighted by atomic mass is 10.3. The number of aromatic nitrogens is 2. The molecule has 0 bridgehead atoms. The van der Waals surface area contributed by atoms with Crippen LogP contribution in [0.2, 0.25) is 0 Å². The Hall–Kier alpha value is -1.82. The van der Waals surface area contributed by atoms with Crippen LogP contribution in [-0.4, -0.2) is 16.7 Å². The number of hydrogen-bond donors (Lipinski definition) is 0. The molecular weight excluding hydrogens is 312 g/mol. The van der Waals surface area contributed by atoms with Crippen LogP contribution in [0.25, 0.3) is 0 Å². The molecule has 0 spiro atoms. The van der Waals surface area contributed by atoms with E-state index in [2.05, 4.69) is 20.9 Å². The van der Waals surface area contributed by atoms with Crippen molar-refractivity contribution in [2.75, 3.05) is 7.11 Å². The highest BCUT2D eigenvalue weighted by molar-refractivity contribution is 9.10. The Morgan fingerprint density at radius 3 is 2.84 bits per heavy atom. The van der Waals surface area contributed by atoms with Crippen LogP contribution in [-0.2, 0) is 6.54 Å². The molecule has 1 heterocycles. The standard InChI is InChI=1S/C13H13BrN2O3/c1-3-16-7-6-15-12(13(16)17)19-11-5-4-9(18-2)8-10(11)14/h4-8H,3H2,1-2H3. The quantitative estimate of drug-likeness (QED) is 0.867. The molecular formula is C13H13BrN2O3. The highest BCUT2D eigenvalue weighted by Gasteiger charge is 2.09. The molecule has 1 aromatic carbocycles. The number of nitrogens with zero attached hydrogens (tertiary/aromatic N) is 2. The molecule has 1 aromatic heterocycles. The Labute approximate surface area is 118 Å². The first-order valence-corrected chi connectivity index (χ1v) is 6.52. The normalized spacial score (nSPS) is 10.3. The number of aryl methyl sites for hydroxylation is 1. The van der Waals surface area contributed by atoms with Gasteiger partial charge in [-0.15, -0.1) is 0 Å². The molecule has 0 amide bonds. The van der Waals surface area contributed by atoms with Gasteiger partial charge in [0.15, 0.2) is 0 Å². The highest BCUT2D eigenvalue weighted by atomic mass is 79.9.